The van der Waals surface area contributed by atoms with Gasteiger partial charge in [-0.15, -0.1) is 0 Å². The van der Waals surface area contributed by atoms with Crippen LogP contribution in [0, 0.1) is 0 Å². The van der Waals surface area contributed by atoms with Crippen LogP contribution in [0.25, 0.3) is 10.8 Å². The topological polar surface area (TPSA) is 120 Å². The highest BCUT2D eigenvalue weighted by Crippen LogP contribution is 2.37. The third-order valence-corrected chi connectivity index (χ3v) is 6.24. The van der Waals surface area contributed by atoms with Crippen LogP contribution in [0.4, 0.5) is 0 Å². The normalized spacial score (nSPS) is 14.0. The van der Waals surface area contributed by atoms with Gasteiger partial charge in [0.05, 0.1) is 9.79 Å². The van der Waals surface area contributed by atoms with E-state index in [2.05, 4.69) is 0 Å². The van der Waals surface area contributed by atoms with E-state index in [1.54, 1.807) is 12.1 Å². The Morgan fingerprint density at radius 2 is 0.885 bits per heavy atom. The number of sulfonamides is 2. The van der Waals surface area contributed by atoms with Crippen LogP contribution < -0.4 is 10.3 Å². The molecule has 26 heavy (non-hydrogen) atoms. The molecule has 8 heteroatoms. The minimum atomic E-state index is -4.07. The molecule has 2 rings (SSSR count). The van der Waals surface area contributed by atoms with Gasteiger partial charge in [0.1, 0.15) is 0 Å². The van der Waals surface area contributed by atoms with Gasteiger partial charge in [0.25, 0.3) is 0 Å². The quantitative estimate of drug-likeness (QED) is 0.808. The van der Waals surface area contributed by atoms with Gasteiger partial charge >= 0.3 is 0 Å². The van der Waals surface area contributed by atoms with Crippen LogP contribution in [-0.2, 0) is 30.9 Å². The Morgan fingerprint density at radius 3 is 1.08 bits per heavy atom. The molecule has 0 amide bonds. The molecule has 0 aliphatic carbocycles. The summed E-state index contributed by atoms with van der Waals surface area (Å²) in [5.74, 6) is 0. The van der Waals surface area contributed by atoms with Crippen molar-refractivity contribution in [3.63, 3.8) is 0 Å². The molecule has 0 fully saturated rings. The molecule has 0 heterocycles. The fourth-order valence-corrected chi connectivity index (χ4v) is 4.27. The van der Waals surface area contributed by atoms with Crippen molar-refractivity contribution in [2.24, 2.45) is 10.3 Å². The summed E-state index contributed by atoms with van der Waals surface area (Å²) in [5.41, 5.74) is 0.489. The fraction of sp³-hybridized carbons (Fsp3) is 0.444. The Balaban J connectivity index is 3.20. The van der Waals surface area contributed by atoms with Crippen molar-refractivity contribution in [2.75, 3.05) is 0 Å². The first-order chi connectivity index (χ1) is 11.4. The molecule has 0 bridgehead atoms. The first-order valence-electron chi connectivity index (χ1n) is 8.11. The van der Waals surface area contributed by atoms with Crippen molar-refractivity contribution < 1.29 is 16.8 Å². The van der Waals surface area contributed by atoms with Gasteiger partial charge in [-0.2, -0.15) is 0 Å². The molecule has 6 nitrogen and oxygen atoms in total. The molecule has 0 spiro atoms. The first kappa shape index (κ1) is 20.8. The predicted molar refractivity (Wildman–Crippen MR) is 104 cm³/mol. The number of primary sulfonamides is 2. The van der Waals surface area contributed by atoms with Gasteiger partial charge in [-0.05, 0) is 46.2 Å². The van der Waals surface area contributed by atoms with Gasteiger partial charge in [0.2, 0.25) is 20.0 Å². The summed E-state index contributed by atoms with van der Waals surface area (Å²) in [7, 11) is -8.14. The molecule has 0 aliphatic rings. The second-order valence-electron chi connectivity index (χ2n) is 8.63. The van der Waals surface area contributed by atoms with E-state index in [0.29, 0.717) is 11.1 Å². The summed E-state index contributed by atoms with van der Waals surface area (Å²) in [6.45, 7) is 11.4. The Morgan fingerprint density at radius 1 is 0.615 bits per heavy atom. The fourth-order valence-electron chi connectivity index (χ4n) is 2.73. The Kier molecular flexibility index (Phi) is 4.82. The highest BCUT2D eigenvalue weighted by Gasteiger charge is 2.26. The standard InChI is InChI=1S/C18H26N2O4S2/c1-17(2,3)11-7-13-14(15(9-11)25(19,21)22)8-12(18(4,5)6)10-16(13)26(20,23)24/h7-10H,1-6H3,(H2,19,21,22)(H2,20,23,24). The highest BCUT2D eigenvalue weighted by molar-refractivity contribution is 7.89. The van der Waals surface area contributed by atoms with Crippen molar-refractivity contribution in [2.45, 2.75) is 62.2 Å². The molecule has 0 radical (unpaired) electrons. The summed E-state index contributed by atoms with van der Waals surface area (Å²) in [4.78, 5) is -0.202. The van der Waals surface area contributed by atoms with E-state index in [0.717, 1.165) is 0 Å². The lowest BCUT2D eigenvalue weighted by Gasteiger charge is -2.24. The molecule has 2 aromatic rings. The number of hydrogen-bond donors (Lipinski definition) is 2. The number of nitrogens with two attached hydrogens (primary N) is 2. The van der Waals surface area contributed by atoms with Gasteiger partial charge in [0.15, 0.2) is 0 Å². The van der Waals surface area contributed by atoms with Crippen molar-refractivity contribution in [3.8, 4) is 0 Å². The van der Waals surface area contributed by atoms with Crippen LogP contribution in [0.5, 0.6) is 0 Å². The summed E-state index contributed by atoms with van der Waals surface area (Å²) in [6, 6.07) is 6.38. The molecule has 0 saturated carbocycles. The maximum Gasteiger partial charge on any atom is 0.238 e. The number of benzene rings is 2. The summed E-state index contributed by atoms with van der Waals surface area (Å²) in [6.07, 6.45) is 0. The third kappa shape index (κ3) is 4.09. The van der Waals surface area contributed by atoms with Crippen LogP contribution in [0.15, 0.2) is 34.1 Å². The average molecular weight is 399 g/mol. The number of rotatable bonds is 2. The maximum atomic E-state index is 12.2. The molecule has 0 aromatic heterocycles. The van der Waals surface area contributed by atoms with Crippen LogP contribution in [0.2, 0.25) is 0 Å². The molecule has 0 atom stereocenters. The third-order valence-electron chi connectivity index (χ3n) is 4.34. The second-order valence-corrected chi connectivity index (χ2v) is 11.7. The van der Waals surface area contributed by atoms with Crippen LogP contribution in [0.3, 0.4) is 0 Å². The van der Waals surface area contributed by atoms with E-state index in [9.17, 15) is 16.8 Å². The van der Waals surface area contributed by atoms with E-state index < -0.39 is 30.9 Å². The SMILES string of the molecule is CC(C)(C)c1cc(S(N)(=O)=O)c2cc(C(C)(C)C)cc(S(N)(=O)=O)c2c1. The molecule has 0 saturated heterocycles. The predicted octanol–water partition coefficient (Wildman–Crippen LogP) is 2.73. The van der Waals surface area contributed by atoms with Crippen LogP contribution >= 0.6 is 0 Å². The van der Waals surface area contributed by atoms with E-state index >= 15 is 0 Å². The molecule has 144 valence electrons. The van der Waals surface area contributed by atoms with E-state index in [1.807, 2.05) is 41.5 Å². The van der Waals surface area contributed by atoms with Crippen molar-refractivity contribution in [3.05, 3.63) is 35.4 Å². The Labute approximate surface area is 155 Å². The summed E-state index contributed by atoms with van der Waals surface area (Å²) < 4.78 is 49.0. The second kappa shape index (κ2) is 6.02. The summed E-state index contributed by atoms with van der Waals surface area (Å²) >= 11 is 0. The molecule has 2 aromatic carbocycles. The molecule has 0 unspecified atom stereocenters. The lowest BCUT2D eigenvalue weighted by atomic mass is 9.83. The lowest BCUT2D eigenvalue weighted by Crippen LogP contribution is -2.20. The van der Waals surface area contributed by atoms with Crippen molar-refractivity contribution in [1.82, 2.24) is 0 Å². The first-order valence-corrected chi connectivity index (χ1v) is 11.2. The van der Waals surface area contributed by atoms with Crippen molar-refractivity contribution in [1.29, 1.82) is 0 Å². The van der Waals surface area contributed by atoms with E-state index in [1.165, 1.54) is 12.1 Å². The van der Waals surface area contributed by atoms with Gasteiger partial charge in [-0.1, -0.05) is 41.5 Å². The smallest absolute Gasteiger partial charge is 0.225 e. The zero-order valence-corrected chi connectivity index (χ0v) is 17.5. The lowest BCUT2D eigenvalue weighted by molar-refractivity contribution is 0.580. The molecular weight excluding hydrogens is 372 g/mol. The zero-order chi connectivity index (χ0) is 20.3. The van der Waals surface area contributed by atoms with E-state index in [-0.39, 0.29) is 20.6 Å². The molecule has 4 N–H and O–H groups in total. The molecular formula is C18H26N2O4S2. The Bertz CT molecular complexity index is 999. The number of hydrogen-bond acceptors (Lipinski definition) is 4. The van der Waals surface area contributed by atoms with Gasteiger partial charge in [-0.3, -0.25) is 0 Å². The minimum absolute atomic E-state index is 0.101. The van der Waals surface area contributed by atoms with Crippen LogP contribution in [-0.4, -0.2) is 16.8 Å². The molecule has 0 aliphatic heterocycles. The van der Waals surface area contributed by atoms with Gasteiger partial charge in [-0.25, -0.2) is 27.1 Å². The van der Waals surface area contributed by atoms with E-state index in [4.69, 9.17) is 10.3 Å². The Hall–Kier alpha value is -1.48. The minimum Gasteiger partial charge on any atom is -0.225 e. The summed E-state index contributed by atoms with van der Waals surface area (Å²) in [5, 5.41) is 11.4. The highest BCUT2D eigenvalue weighted by atomic mass is 32.2. The zero-order valence-electron chi connectivity index (χ0n) is 15.9. The maximum absolute atomic E-state index is 12.2. The number of fused-ring (bicyclic) bond motifs is 1. The van der Waals surface area contributed by atoms with Crippen molar-refractivity contribution >= 4 is 30.8 Å². The van der Waals surface area contributed by atoms with Crippen LogP contribution in [0.1, 0.15) is 52.7 Å². The largest absolute Gasteiger partial charge is 0.238 e. The van der Waals surface area contributed by atoms with Gasteiger partial charge in [0, 0.05) is 10.8 Å². The average Bonchev–Trinajstić information content (AvgIpc) is 2.40. The van der Waals surface area contributed by atoms with Gasteiger partial charge < -0.3 is 0 Å². The monoisotopic (exact) mass is 398 g/mol.